The van der Waals surface area contributed by atoms with Crippen LogP contribution in [0.3, 0.4) is 0 Å². The summed E-state index contributed by atoms with van der Waals surface area (Å²) in [6.45, 7) is 0. The number of pyridine rings is 1. The van der Waals surface area contributed by atoms with Gasteiger partial charge >= 0.3 is 6.18 Å². The Balaban J connectivity index is 2.66. The molecule has 2 heterocycles. The number of fused-ring (bicyclic) bond motifs is 1. The summed E-state index contributed by atoms with van der Waals surface area (Å²) >= 11 is 5.55. The molecule has 8 heteroatoms. The van der Waals surface area contributed by atoms with Gasteiger partial charge in [-0.3, -0.25) is 0 Å². The van der Waals surface area contributed by atoms with Crippen molar-refractivity contribution in [3.05, 3.63) is 34.6 Å². The molecule has 0 N–H and O–H groups in total. The van der Waals surface area contributed by atoms with E-state index >= 15 is 0 Å². The zero-order valence-electron chi connectivity index (χ0n) is 7.97. The van der Waals surface area contributed by atoms with Crippen LogP contribution in [-0.2, 0) is 6.18 Å². The van der Waals surface area contributed by atoms with E-state index in [1.807, 2.05) is 0 Å². The summed E-state index contributed by atoms with van der Waals surface area (Å²) in [4.78, 5) is 0. The van der Waals surface area contributed by atoms with Gasteiger partial charge in [-0.1, -0.05) is 11.6 Å². The summed E-state index contributed by atoms with van der Waals surface area (Å²) in [6, 6.07) is 2.82. The normalized spacial score (nSPS) is 12.6. The van der Waals surface area contributed by atoms with E-state index in [0.717, 1.165) is 18.2 Å². The summed E-state index contributed by atoms with van der Waals surface area (Å²) in [5.41, 5.74) is -1.73. The third-order valence-corrected chi connectivity index (χ3v) is 2.50. The fourth-order valence-electron chi connectivity index (χ4n) is 1.34. The maximum Gasteiger partial charge on any atom is 0.435 e. The molecule has 0 unspecified atom stereocenters. The SMILES string of the molecule is FC(F)c1ccc2cc(C(F)(F)F)nn2c1Cl. The quantitative estimate of drug-likeness (QED) is 0.567. The lowest BCUT2D eigenvalue weighted by molar-refractivity contribution is -0.141. The molecule has 0 saturated heterocycles. The van der Waals surface area contributed by atoms with Crippen LogP contribution in [-0.4, -0.2) is 9.61 Å². The molecule has 2 nitrogen and oxygen atoms in total. The molecule has 2 aromatic heterocycles. The first-order valence-electron chi connectivity index (χ1n) is 4.34. The summed E-state index contributed by atoms with van der Waals surface area (Å²) in [6.07, 6.45) is -7.51. The van der Waals surface area contributed by atoms with E-state index in [1.54, 1.807) is 0 Å². The number of hydrogen-bond donors (Lipinski definition) is 0. The van der Waals surface area contributed by atoms with Crippen LogP contribution in [0.1, 0.15) is 17.7 Å². The Bertz CT molecular complexity index is 560. The van der Waals surface area contributed by atoms with Crippen molar-refractivity contribution in [2.45, 2.75) is 12.6 Å². The van der Waals surface area contributed by atoms with E-state index in [0.29, 0.717) is 4.52 Å². The topological polar surface area (TPSA) is 17.3 Å². The van der Waals surface area contributed by atoms with Crippen molar-refractivity contribution in [2.24, 2.45) is 0 Å². The van der Waals surface area contributed by atoms with Gasteiger partial charge in [0.05, 0.1) is 11.1 Å². The van der Waals surface area contributed by atoms with Gasteiger partial charge in [0.2, 0.25) is 0 Å². The average Bonchev–Trinajstić information content (AvgIpc) is 2.61. The number of hydrogen-bond acceptors (Lipinski definition) is 1. The standard InChI is InChI=1S/C9H4ClF5N2/c10-7-5(8(11)12)2-1-4-3-6(9(13,14)15)16-17(4)7/h1-3,8H. The first-order valence-corrected chi connectivity index (χ1v) is 4.72. The molecule has 2 aromatic rings. The minimum atomic E-state index is -4.64. The molecule has 0 aromatic carbocycles. The molecule has 0 aliphatic heterocycles. The summed E-state index contributed by atoms with van der Waals surface area (Å²) in [5.74, 6) is 0. The number of halogens is 6. The van der Waals surface area contributed by atoms with Gasteiger partial charge in [-0.15, -0.1) is 0 Å². The van der Waals surface area contributed by atoms with Gasteiger partial charge in [0.1, 0.15) is 5.15 Å². The Hall–Kier alpha value is -1.37. The zero-order chi connectivity index (χ0) is 12.8. The van der Waals surface area contributed by atoms with Crippen molar-refractivity contribution >= 4 is 17.1 Å². The lowest BCUT2D eigenvalue weighted by Crippen LogP contribution is -2.06. The Kier molecular flexibility index (Phi) is 2.73. The molecule has 0 bridgehead atoms. The Morgan fingerprint density at radius 1 is 1.24 bits per heavy atom. The minimum absolute atomic E-state index is 0.00623. The molecule has 0 amide bonds. The molecule has 92 valence electrons. The van der Waals surface area contributed by atoms with Crippen molar-refractivity contribution in [3.8, 4) is 0 Å². The highest BCUT2D eigenvalue weighted by Crippen LogP contribution is 2.32. The molecule has 0 atom stereocenters. The largest absolute Gasteiger partial charge is 0.435 e. The number of rotatable bonds is 1. The van der Waals surface area contributed by atoms with Crippen LogP contribution in [0.15, 0.2) is 18.2 Å². The van der Waals surface area contributed by atoms with Crippen LogP contribution >= 0.6 is 11.6 Å². The molecule has 0 fully saturated rings. The molecule has 17 heavy (non-hydrogen) atoms. The van der Waals surface area contributed by atoms with Gasteiger partial charge in [0.15, 0.2) is 5.69 Å². The van der Waals surface area contributed by atoms with Gasteiger partial charge in [-0.2, -0.15) is 18.3 Å². The highest BCUT2D eigenvalue weighted by molar-refractivity contribution is 6.30. The molecular formula is C9H4ClF5N2. The van der Waals surface area contributed by atoms with Crippen LogP contribution in [0.4, 0.5) is 22.0 Å². The van der Waals surface area contributed by atoms with Gasteiger partial charge in [-0.05, 0) is 18.2 Å². The minimum Gasteiger partial charge on any atom is -0.221 e. The van der Waals surface area contributed by atoms with Crippen molar-refractivity contribution in [2.75, 3.05) is 0 Å². The second-order valence-corrected chi connectivity index (χ2v) is 3.60. The predicted molar refractivity (Wildman–Crippen MR) is 50.2 cm³/mol. The lowest BCUT2D eigenvalue weighted by Gasteiger charge is -2.04. The summed E-state index contributed by atoms with van der Waals surface area (Å²) < 4.78 is 62.6. The smallest absolute Gasteiger partial charge is 0.221 e. The van der Waals surface area contributed by atoms with Gasteiger partial charge < -0.3 is 0 Å². The van der Waals surface area contributed by atoms with E-state index < -0.39 is 29.0 Å². The molecule has 0 saturated carbocycles. The molecule has 0 aliphatic carbocycles. The first kappa shape index (κ1) is 12.1. The number of nitrogens with zero attached hydrogens (tertiary/aromatic N) is 2. The van der Waals surface area contributed by atoms with Crippen molar-refractivity contribution < 1.29 is 22.0 Å². The Labute approximate surface area is 96.6 Å². The van der Waals surface area contributed by atoms with Crippen LogP contribution in [0, 0.1) is 0 Å². The first-order chi connectivity index (χ1) is 7.80. The summed E-state index contributed by atoms with van der Waals surface area (Å²) in [7, 11) is 0. The van der Waals surface area contributed by atoms with E-state index in [1.165, 1.54) is 0 Å². The predicted octanol–water partition coefficient (Wildman–Crippen LogP) is 3.94. The molecule has 0 aliphatic rings. The van der Waals surface area contributed by atoms with Crippen molar-refractivity contribution in [1.82, 2.24) is 9.61 Å². The van der Waals surface area contributed by atoms with Crippen LogP contribution in [0.5, 0.6) is 0 Å². The summed E-state index contributed by atoms with van der Waals surface area (Å²) in [5, 5.41) is 2.63. The second-order valence-electron chi connectivity index (χ2n) is 3.24. The Morgan fingerprint density at radius 2 is 1.88 bits per heavy atom. The second kappa shape index (κ2) is 3.83. The fourth-order valence-corrected chi connectivity index (χ4v) is 1.62. The van der Waals surface area contributed by atoms with Crippen LogP contribution < -0.4 is 0 Å². The lowest BCUT2D eigenvalue weighted by atomic mass is 10.2. The van der Waals surface area contributed by atoms with E-state index in [2.05, 4.69) is 5.10 Å². The zero-order valence-corrected chi connectivity index (χ0v) is 8.73. The molecule has 0 spiro atoms. The van der Waals surface area contributed by atoms with Crippen molar-refractivity contribution in [1.29, 1.82) is 0 Å². The van der Waals surface area contributed by atoms with E-state index in [9.17, 15) is 22.0 Å². The van der Waals surface area contributed by atoms with Crippen molar-refractivity contribution in [3.63, 3.8) is 0 Å². The van der Waals surface area contributed by atoms with E-state index in [-0.39, 0.29) is 5.52 Å². The maximum atomic E-state index is 12.4. The number of aromatic nitrogens is 2. The molecular weight excluding hydrogens is 267 g/mol. The third kappa shape index (κ3) is 2.06. The highest BCUT2D eigenvalue weighted by atomic mass is 35.5. The van der Waals surface area contributed by atoms with Crippen LogP contribution in [0.2, 0.25) is 5.15 Å². The number of alkyl halides is 5. The van der Waals surface area contributed by atoms with Gasteiger partial charge in [-0.25, -0.2) is 13.3 Å². The third-order valence-electron chi connectivity index (χ3n) is 2.12. The van der Waals surface area contributed by atoms with Crippen LogP contribution in [0.25, 0.3) is 5.52 Å². The van der Waals surface area contributed by atoms with Gasteiger partial charge in [0, 0.05) is 0 Å². The fraction of sp³-hybridized carbons (Fsp3) is 0.222. The average molecular weight is 271 g/mol. The molecule has 2 rings (SSSR count). The van der Waals surface area contributed by atoms with Gasteiger partial charge in [0.25, 0.3) is 6.43 Å². The maximum absolute atomic E-state index is 12.4. The molecule has 0 radical (unpaired) electrons. The van der Waals surface area contributed by atoms with E-state index in [4.69, 9.17) is 11.6 Å². The Morgan fingerprint density at radius 3 is 2.41 bits per heavy atom. The highest BCUT2D eigenvalue weighted by Gasteiger charge is 2.34. The monoisotopic (exact) mass is 270 g/mol.